The number of hydrogen-bond acceptors (Lipinski definition) is 3. The predicted molar refractivity (Wildman–Crippen MR) is 66.6 cm³/mol. The molecular weight excluding hydrogens is 214 g/mol. The summed E-state index contributed by atoms with van der Waals surface area (Å²) in [5, 5.41) is 6.51. The van der Waals surface area contributed by atoms with Gasteiger partial charge >= 0.3 is 0 Å². The van der Waals surface area contributed by atoms with Gasteiger partial charge in [0.25, 0.3) is 0 Å². The predicted octanol–water partition coefficient (Wildman–Crippen LogP) is 0.0523. The second kappa shape index (κ2) is 4.58. The highest BCUT2D eigenvalue weighted by Crippen LogP contribution is 2.32. The molecule has 2 aliphatic heterocycles. The van der Waals surface area contributed by atoms with Gasteiger partial charge < -0.3 is 10.6 Å². The molecule has 3 fully saturated rings. The minimum Gasteiger partial charge on any atom is -0.355 e. The lowest BCUT2D eigenvalue weighted by Gasteiger charge is -2.23. The molecule has 1 aliphatic carbocycles. The van der Waals surface area contributed by atoms with Gasteiger partial charge in [0, 0.05) is 19.1 Å². The first-order valence-corrected chi connectivity index (χ1v) is 6.95. The van der Waals surface area contributed by atoms with E-state index in [4.69, 9.17) is 0 Å². The SMILES string of the molecule is CC1C2CNCC2CN1CC(=O)NCC1CC1. The molecule has 0 radical (unpaired) electrons. The molecule has 4 heteroatoms. The maximum atomic E-state index is 11.8. The van der Waals surface area contributed by atoms with Crippen molar-refractivity contribution in [2.75, 3.05) is 32.7 Å². The van der Waals surface area contributed by atoms with E-state index in [0.29, 0.717) is 12.6 Å². The number of nitrogens with one attached hydrogen (secondary N) is 2. The Kier molecular flexibility index (Phi) is 3.09. The third-order valence-corrected chi connectivity index (χ3v) is 4.69. The molecule has 2 saturated heterocycles. The van der Waals surface area contributed by atoms with E-state index >= 15 is 0 Å². The van der Waals surface area contributed by atoms with Crippen molar-refractivity contribution in [3.05, 3.63) is 0 Å². The second-order valence-corrected chi connectivity index (χ2v) is 6.00. The number of nitrogens with zero attached hydrogens (tertiary/aromatic N) is 1. The first-order valence-electron chi connectivity index (χ1n) is 6.95. The van der Waals surface area contributed by atoms with Crippen molar-refractivity contribution in [1.82, 2.24) is 15.5 Å². The largest absolute Gasteiger partial charge is 0.355 e. The van der Waals surface area contributed by atoms with Crippen molar-refractivity contribution in [2.45, 2.75) is 25.8 Å². The molecule has 96 valence electrons. The Labute approximate surface area is 103 Å². The zero-order valence-electron chi connectivity index (χ0n) is 10.6. The molecular formula is C13H23N3O. The highest BCUT2D eigenvalue weighted by Gasteiger charge is 2.42. The van der Waals surface area contributed by atoms with Crippen LogP contribution in [0.3, 0.4) is 0 Å². The van der Waals surface area contributed by atoms with E-state index in [0.717, 1.165) is 43.9 Å². The molecule has 4 nitrogen and oxygen atoms in total. The zero-order chi connectivity index (χ0) is 11.8. The van der Waals surface area contributed by atoms with Gasteiger partial charge in [-0.1, -0.05) is 0 Å². The van der Waals surface area contributed by atoms with E-state index in [1.54, 1.807) is 0 Å². The lowest BCUT2D eigenvalue weighted by Crippen LogP contribution is -2.41. The molecule has 2 heterocycles. The molecule has 17 heavy (non-hydrogen) atoms. The quantitative estimate of drug-likeness (QED) is 0.726. The summed E-state index contributed by atoms with van der Waals surface area (Å²) in [4.78, 5) is 14.2. The highest BCUT2D eigenvalue weighted by molar-refractivity contribution is 5.78. The van der Waals surface area contributed by atoms with E-state index in [9.17, 15) is 4.79 Å². The van der Waals surface area contributed by atoms with Crippen LogP contribution in [-0.4, -0.2) is 49.6 Å². The average Bonchev–Trinajstić information content (AvgIpc) is 2.95. The number of hydrogen-bond donors (Lipinski definition) is 2. The van der Waals surface area contributed by atoms with Crippen LogP contribution in [0.2, 0.25) is 0 Å². The van der Waals surface area contributed by atoms with Gasteiger partial charge in [0.15, 0.2) is 0 Å². The smallest absolute Gasteiger partial charge is 0.234 e. The van der Waals surface area contributed by atoms with Crippen LogP contribution >= 0.6 is 0 Å². The van der Waals surface area contributed by atoms with Gasteiger partial charge in [-0.2, -0.15) is 0 Å². The Morgan fingerprint density at radius 1 is 1.41 bits per heavy atom. The molecule has 0 spiro atoms. The fraction of sp³-hybridized carbons (Fsp3) is 0.923. The minimum absolute atomic E-state index is 0.219. The molecule has 1 amide bonds. The standard InChI is InChI=1S/C13H23N3O/c1-9-12-6-14-5-11(12)7-16(9)8-13(17)15-4-10-2-3-10/h9-12,14H,2-8H2,1H3,(H,15,17). The number of rotatable bonds is 4. The van der Waals surface area contributed by atoms with E-state index in [1.165, 1.54) is 12.8 Å². The van der Waals surface area contributed by atoms with E-state index in [2.05, 4.69) is 22.5 Å². The molecule has 0 aromatic rings. The lowest BCUT2D eigenvalue weighted by molar-refractivity contribution is -0.122. The summed E-state index contributed by atoms with van der Waals surface area (Å²) in [5.74, 6) is 2.52. The van der Waals surface area contributed by atoms with E-state index in [-0.39, 0.29) is 5.91 Å². The summed E-state index contributed by atoms with van der Waals surface area (Å²) in [6.45, 7) is 7.12. The summed E-state index contributed by atoms with van der Waals surface area (Å²) in [5.41, 5.74) is 0. The van der Waals surface area contributed by atoms with Gasteiger partial charge in [-0.25, -0.2) is 0 Å². The van der Waals surface area contributed by atoms with Crippen LogP contribution in [-0.2, 0) is 4.79 Å². The molecule has 0 bridgehead atoms. The molecule has 2 N–H and O–H groups in total. The highest BCUT2D eigenvalue weighted by atomic mass is 16.2. The number of carbonyl (C=O) groups excluding carboxylic acids is 1. The summed E-state index contributed by atoms with van der Waals surface area (Å²) < 4.78 is 0. The van der Waals surface area contributed by atoms with Crippen molar-refractivity contribution in [1.29, 1.82) is 0 Å². The van der Waals surface area contributed by atoms with Crippen molar-refractivity contribution in [2.24, 2.45) is 17.8 Å². The van der Waals surface area contributed by atoms with Gasteiger partial charge in [0.2, 0.25) is 5.91 Å². The summed E-state index contributed by atoms with van der Waals surface area (Å²) in [6.07, 6.45) is 2.60. The number of amides is 1. The Morgan fingerprint density at radius 3 is 2.94 bits per heavy atom. The van der Waals surface area contributed by atoms with Crippen LogP contribution in [0.25, 0.3) is 0 Å². The summed E-state index contributed by atoms with van der Waals surface area (Å²) >= 11 is 0. The second-order valence-electron chi connectivity index (χ2n) is 6.00. The Balaban J connectivity index is 1.46. The van der Waals surface area contributed by atoms with Crippen molar-refractivity contribution < 1.29 is 4.79 Å². The van der Waals surface area contributed by atoms with E-state index in [1.807, 2.05) is 0 Å². The van der Waals surface area contributed by atoms with Crippen LogP contribution in [0.15, 0.2) is 0 Å². The van der Waals surface area contributed by atoms with Gasteiger partial charge in [0.05, 0.1) is 6.54 Å². The van der Waals surface area contributed by atoms with E-state index < -0.39 is 0 Å². The fourth-order valence-electron chi connectivity index (χ4n) is 3.29. The Hall–Kier alpha value is -0.610. The molecule has 3 unspecified atom stereocenters. The lowest BCUT2D eigenvalue weighted by atomic mass is 9.95. The Bertz CT molecular complexity index is 303. The van der Waals surface area contributed by atoms with Gasteiger partial charge in [-0.15, -0.1) is 0 Å². The van der Waals surface area contributed by atoms with Crippen LogP contribution in [0.1, 0.15) is 19.8 Å². The molecule has 3 aliphatic rings. The third kappa shape index (κ3) is 2.47. The van der Waals surface area contributed by atoms with Crippen LogP contribution in [0, 0.1) is 17.8 Å². The van der Waals surface area contributed by atoms with Gasteiger partial charge in [0.1, 0.15) is 0 Å². The normalized spacial score (nSPS) is 37.1. The van der Waals surface area contributed by atoms with Crippen LogP contribution in [0.5, 0.6) is 0 Å². The number of likely N-dealkylation sites (tertiary alicyclic amines) is 1. The molecule has 1 saturated carbocycles. The number of fused-ring (bicyclic) bond motifs is 1. The van der Waals surface area contributed by atoms with Crippen LogP contribution in [0.4, 0.5) is 0 Å². The van der Waals surface area contributed by atoms with Crippen molar-refractivity contribution >= 4 is 5.91 Å². The average molecular weight is 237 g/mol. The number of carbonyl (C=O) groups is 1. The first-order chi connectivity index (χ1) is 8.24. The van der Waals surface area contributed by atoms with Crippen LogP contribution < -0.4 is 10.6 Å². The monoisotopic (exact) mass is 237 g/mol. The topological polar surface area (TPSA) is 44.4 Å². The minimum atomic E-state index is 0.219. The Morgan fingerprint density at radius 2 is 2.24 bits per heavy atom. The third-order valence-electron chi connectivity index (χ3n) is 4.69. The molecule has 0 aromatic heterocycles. The first kappa shape index (κ1) is 11.5. The van der Waals surface area contributed by atoms with Crippen molar-refractivity contribution in [3.8, 4) is 0 Å². The zero-order valence-corrected chi connectivity index (χ0v) is 10.6. The maximum Gasteiger partial charge on any atom is 0.234 e. The summed E-state index contributed by atoms with van der Waals surface area (Å²) in [6, 6.07) is 0.557. The molecule has 3 rings (SSSR count). The van der Waals surface area contributed by atoms with Gasteiger partial charge in [-0.05, 0) is 50.6 Å². The fourth-order valence-corrected chi connectivity index (χ4v) is 3.29. The maximum absolute atomic E-state index is 11.8. The molecule has 0 aromatic carbocycles. The van der Waals surface area contributed by atoms with Crippen molar-refractivity contribution in [3.63, 3.8) is 0 Å². The van der Waals surface area contributed by atoms with Gasteiger partial charge in [-0.3, -0.25) is 9.69 Å². The summed E-state index contributed by atoms with van der Waals surface area (Å²) in [7, 11) is 0. The molecule has 3 atom stereocenters.